The lowest BCUT2D eigenvalue weighted by molar-refractivity contribution is -0.137. The number of allylic oxidation sites excluding steroid dienone is 1. The van der Waals surface area contributed by atoms with Crippen LogP contribution in [0.5, 0.6) is 0 Å². The van der Waals surface area contributed by atoms with E-state index in [-0.39, 0.29) is 12.5 Å². The third kappa shape index (κ3) is 3.56. The fourth-order valence-electron chi connectivity index (χ4n) is 2.98. The number of nitrogens with zero attached hydrogens (tertiary/aromatic N) is 2. The molecule has 4 rings (SSSR count). The van der Waals surface area contributed by atoms with Gasteiger partial charge in [0.25, 0.3) is 5.91 Å². The van der Waals surface area contributed by atoms with E-state index < -0.39 is 5.97 Å². The number of thioether (sulfide) groups is 1. The molecule has 0 fully saturated rings. The van der Waals surface area contributed by atoms with Gasteiger partial charge in [0.1, 0.15) is 21.9 Å². The Morgan fingerprint density at radius 1 is 1.10 bits per heavy atom. The van der Waals surface area contributed by atoms with E-state index in [4.69, 9.17) is 9.47 Å². The molecule has 2 aromatic carbocycles. The van der Waals surface area contributed by atoms with Crippen molar-refractivity contribution in [1.82, 2.24) is 0 Å². The van der Waals surface area contributed by atoms with Crippen LogP contribution in [-0.4, -0.2) is 24.2 Å². The summed E-state index contributed by atoms with van der Waals surface area (Å²) >= 11 is 1.10. The molecule has 0 spiro atoms. The van der Waals surface area contributed by atoms with Gasteiger partial charge in [-0.25, -0.2) is 4.79 Å². The zero-order valence-corrected chi connectivity index (χ0v) is 16.7. The van der Waals surface area contributed by atoms with Crippen LogP contribution >= 0.6 is 11.8 Å². The van der Waals surface area contributed by atoms with E-state index >= 15 is 0 Å². The maximum absolute atomic E-state index is 13.3. The number of benzene rings is 2. The topological polar surface area (TPSA) is 68.2 Å². The highest BCUT2D eigenvalue weighted by Gasteiger charge is 2.39. The summed E-state index contributed by atoms with van der Waals surface area (Å²) in [5.41, 5.74) is 2.26. The number of anilines is 1. The summed E-state index contributed by atoms with van der Waals surface area (Å²) < 4.78 is 10.9. The van der Waals surface area contributed by atoms with Crippen LogP contribution in [0, 0.1) is 0 Å². The van der Waals surface area contributed by atoms with Gasteiger partial charge in [-0.2, -0.15) is 10.1 Å². The summed E-state index contributed by atoms with van der Waals surface area (Å²) in [7, 11) is 0. The van der Waals surface area contributed by atoms with Gasteiger partial charge < -0.3 is 9.47 Å². The van der Waals surface area contributed by atoms with E-state index in [2.05, 4.69) is 5.10 Å². The quantitative estimate of drug-likeness (QED) is 0.562. The minimum atomic E-state index is -0.464. The lowest BCUT2D eigenvalue weighted by atomic mass is 10.0. The van der Waals surface area contributed by atoms with E-state index in [0.29, 0.717) is 32.7 Å². The zero-order valence-electron chi connectivity index (χ0n) is 15.9. The summed E-state index contributed by atoms with van der Waals surface area (Å²) in [4.78, 5) is 25.9. The number of hydrogen-bond donors (Lipinski definition) is 0. The highest BCUT2D eigenvalue weighted by molar-refractivity contribution is 8.07. The Morgan fingerprint density at radius 2 is 1.76 bits per heavy atom. The number of hydrazone groups is 1. The number of amides is 1. The van der Waals surface area contributed by atoms with Crippen molar-refractivity contribution in [2.45, 2.75) is 13.8 Å². The molecule has 2 aromatic rings. The molecule has 0 saturated carbocycles. The van der Waals surface area contributed by atoms with E-state index in [0.717, 1.165) is 17.3 Å². The average Bonchev–Trinajstić information content (AvgIpc) is 3.29. The van der Waals surface area contributed by atoms with Crippen molar-refractivity contribution < 1.29 is 19.1 Å². The molecule has 2 heterocycles. The third-order valence-corrected chi connectivity index (χ3v) is 5.45. The van der Waals surface area contributed by atoms with Gasteiger partial charge in [-0.15, -0.1) is 0 Å². The van der Waals surface area contributed by atoms with Crippen LogP contribution in [0.1, 0.15) is 19.4 Å². The molecule has 29 heavy (non-hydrogen) atoms. The fourth-order valence-corrected chi connectivity index (χ4v) is 3.95. The van der Waals surface area contributed by atoms with E-state index in [1.807, 2.05) is 60.7 Å². The standard InChI is InChI=1S/C22H18N2O4S/c1-3-27-21(26)19-14(2)28-22(29-19)17-18(15-10-6-4-7-11-15)23-24(20(17)25)16-12-8-5-9-13-16/h4-13H,3H2,1-2H3/b22-17-. The Kier molecular flexibility index (Phi) is 5.22. The Labute approximate surface area is 172 Å². The SMILES string of the molecule is CCOC(=O)C1=C(C)O/C(=C2/C(=O)N(c3ccccc3)N=C2c2ccccc2)S1. The van der Waals surface area contributed by atoms with Crippen LogP contribution < -0.4 is 5.01 Å². The van der Waals surface area contributed by atoms with Crippen LogP contribution in [0.4, 0.5) is 5.69 Å². The van der Waals surface area contributed by atoms with Gasteiger partial charge in [-0.1, -0.05) is 48.5 Å². The molecule has 0 radical (unpaired) electrons. The number of hydrogen-bond acceptors (Lipinski definition) is 6. The maximum Gasteiger partial charge on any atom is 0.348 e. The molecule has 2 aliphatic rings. The Hall–Kier alpha value is -3.32. The van der Waals surface area contributed by atoms with Gasteiger partial charge in [0.15, 0.2) is 5.09 Å². The first-order chi connectivity index (χ1) is 14.1. The number of para-hydroxylation sites is 1. The molecule has 0 unspecified atom stereocenters. The molecule has 0 saturated heterocycles. The lowest BCUT2D eigenvalue weighted by Gasteiger charge is -2.11. The van der Waals surface area contributed by atoms with Gasteiger partial charge in [0.05, 0.1) is 12.3 Å². The number of carbonyl (C=O) groups is 2. The van der Waals surface area contributed by atoms with Crippen molar-refractivity contribution >= 4 is 35.0 Å². The molecule has 0 aliphatic carbocycles. The van der Waals surface area contributed by atoms with Crippen LogP contribution in [0.25, 0.3) is 0 Å². The molecule has 1 amide bonds. The van der Waals surface area contributed by atoms with Gasteiger partial charge in [0.2, 0.25) is 0 Å². The second-order valence-corrected chi connectivity index (χ2v) is 7.22. The summed E-state index contributed by atoms with van der Waals surface area (Å²) in [5.74, 6) is -0.362. The largest absolute Gasteiger partial charge is 0.462 e. The van der Waals surface area contributed by atoms with Gasteiger partial charge >= 0.3 is 5.97 Å². The molecule has 0 N–H and O–H groups in total. The summed E-state index contributed by atoms with van der Waals surface area (Å²) in [5, 5.41) is 6.27. The monoisotopic (exact) mass is 406 g/mol. The lowest BCUT2D eigenvalue weighted by Crippen LogP contribution is -2.22. The minimum Gasteiger partial charge on any atom is -0.462 e. The summed E-state index contributed by atoms with van der Waals surface area (Å²) in [6.07, 6.45) is 0. The van der Waals surface area contributed by atoms with Crippen LogP contribution in [0.15, 0.2) is 87.1 Å². The maximum atomic E-state index is 13.3. The van der Waals surface area contributed by atoms with Crippen molar-refractivity contribution in [1.29, 1.82) is 0 Å². The number of rotatable bonds is 4. The average molecular weight is 406 g/mol. The molecule has 6 nitrogen and oxygen atoms in total. The smallest absolute Gasteiger partial charge is 0.348 e. The van der Waals surface area contributed by atoms with Crippen molar-refractivity contribution in [2.75, 3.05) is 11.6 Å². The molecule has 0 aromatic heterocycles. The van der Waals surface area contributed by atoms with Crippen molar-refractivity contribution in [3.8, 4) is 0 Å². The van der Waals surface area contributed by atoms with Crippen molar-refractivity contribution in [3.05, 3.63) is 87.6 Å². The van der Waals surface area contributed by atoms with E-state index in [1.54, 1.807) is 13.8 Å². The highest BCUT2D eigenvalue weighted by atomic mass is 32.2. The molecule has 146 valence electrons. The molecular weight excluding hydrogens is 388 g/mol. The fraction of sp³-hybridized carbons (Fsp3) is 0.136. The third-order valence-electron chi connectivity index (χ3n) is 4.32. The molecule has 7 heteroatoms. The molecular formula is C22H18N2O4S. The van der Waals surface area contributed by atoms with Crippen LogP contribution in [0.2, 0.25) is 0 Å². The van der Waals surface area contributed by atoms with E-state index in [1.165, 1.54) is 5.01 Å². The number of carbonyl (C=O) groups excluding carboxylic acids is 2. The number of esters is 1. The van der Waals surface area contributed by atoms with Gasteiger partial charge in [0, 0.05) is 5.56 Å². The van der Waals surface area contributed by atoms with Gasteiger partial charge in [-0.05, 0) is 37.7 Å². The number of ether oxygens (including phenoxy) is 2. The van der Waals surface area contributed by atoms with Crippen LogP contribution in [0.3, 0.4) is 0 Å². The van der Waals surface area contributed by atoms with Crippen LogP contribution in [-0.2, 0) is 19.1 Å². The summed E-state index contributed by atoms with van der Waals surface area (Å²) in [6, 6.07) is 18.6. The van der Waals surface area contributed by atoms with E-state index in [9.17, 15) is 9.59 Å². The normalized spacial score (nSPS) is 18.8. The Bertz CT molecular complexity index is 1060. The molecule has 2 aliphatic heterocycles. The first-order valence-corrected chi connectivity index (χ1v) is 9.93. The van der Waals surface area contributed by atoms with Crippen molar-refractivity contribution in [2.24, 2.45) is 5.10 Å². The molecule has 0 bridgehead atoms. The first kappa shape index (κ1) is 19.0. The predicted octanol–water partition coefficient (Wildman–Crippen LogP) is 4.21. The van der Waals surface area contributed by atoms with Gasteiger partial charge in [-0.3, -0.25) is 4.79 Å². The Balaban J connectivity index is 1.78. The second kappa shape index (κ2) is 7.97. The zero-order chi connectivity index (χ0) is 20.4. The summed E-state index contributed by atoms with van der Waals surface area (Å²) in [6.45, 7) is 3.69. The second-order valence-electron chi connectivity index (χ2n) is 6.24. The van der Waals surface area contributed by atoms with Crippen molar-refractivity contribution in [3.63, 3.8) is 0 Å². The minimum absolute atomic E-state index is 0.263. The molecule has 0 atom stereocenters. The first-order valence-electron chi connectivity index (χ1n) is 9.12. The highest BCUT2D eigenvalue weighted by Crippen LogP contribution is 2.43. The Morgan fingerprint density at radius 3 is 2.41 bits per heavy atom. The predicted molar refractivity (Wildman–Crippen MR) is 112 cm³/mol.